The van der Waals surface area contributed by atoms with Gasteiger partial charge in [-0.3, -0.25) is 4.79 Å². The van der Waals surface area contributed by atoms with Crippen LogP contribution in [-0.2, 0) is 19.4 Å². The van der Waals surface area contributed by atoms with Crippen molar-refractivity contribution in [1.29, 1.82) is 0 Å². The van der Waals surface area contributed by atoms with Crippen LogP contribution < -0.4 is 5.32 Å². The number of benzene rings is 1. The molecule has 1 heterocycles. The van der Waals surface area contributed by atoms with Crippen LogP contribution >= 0.6 is 27.3 Å². The third-order valence-corrected chi connectivity index (χ3v) is 6.96. The summed E-state index contributed by atoms with van der Waals surface area (Å²) in [6.07, 6.45) is -0.156. The molecule has 9 heteroatoms. The van der Waals surface area contributed by atoms with Crippen LogP contribution in [0.15, 0.2) is 44.4 Å². The molecule has 128 valence electrons. The third kappa shape index (κ3) is 4.89. The van der Waals surface area contributed by atoms with E-state index in [1.165, 1.54) is 25.3 Å². The minimum atomic E-state index is -3.48. The molecule has 0 fully saturated rings. The number of methoxy groups -OCH3 is 1. The van der Waals surface area contributed by atoms with Gasteiger partial charge in [0, 0.05) is 12.1 Å². The number of anilines is 1. The van der Waals surface area contributed by atoms with Crippen LogP contribution in [0.2, 0.25) is 0 Å². The number of thiophene rings is 1. The Balaban J connectivity index is 1.92. The first kappa shape index (κ1) is 18.6. The fraction of sp³-hybridized carbons (Fsp3) is 0.200. The van der Waals surface area contributed by atoms with E-state index in [-0.39, 0.29) is 16.4 Å². The molecule has 1 amide bonds. The van der Waals surface area contributed by atoms with Gasteiger partial charge in [0.25, 0.3) is 0 Å². The maximum Gasteiger partial charge on any atom is 0.337 e. The average Bonchev–Trinajstić information content (AvgIpc) is 3.00. The number of nitrogens with one attached hydrogen (secondary N) is 1. The van der Waals surface area contributed by atoms with E-state index in [4.69, 9.17) is 0 Å². The Morgan fingerprint density at radius 3 is 2.38 bits per heavy atom. The Morgan fingerprint density at radius 1 is 1.17 bits per heavy atom. The number of halogens is 1. The molecule has 0 saturated carbocycles. The predicted molar refractivity (Wildman–Crippen MR) is 95.1 cm³/mol. The summed E-state index contributed by atoms with van der Waals surface area (Å²) in [6.45, 7) is 0. The Hall–Kier alpha value is -1.71. The monoisotopic (exact) mass is 431 g/mol. The highest BCUT2D eigenvalue weighted by Crippen LogP contribution is 2.27. The van der Waals surface area contributed by atoms with Crippen molar-refractivity contribution in [1.82, 2.24) is 0 Å². The number of hydrogen-bond donors (Lipinski definition) is 1. The Morgan fingerprint density at radius 2 is 1.83 bits per heavy atom. The molecule has 0 bridgehead atoms. The quantitative estimate of drug-likeness (QED) is 0.709. The maximum atomic E-state index is 12.1. The van der Waals surface area contributed by atoms with Crippen LogP contribution in [0, 0.1) is 0 Å². The van der Waals surface area contributed by atoms with Crippen molar-refractivity contribution >= 4 is 54.7 Å². The lowest BCUT2D eigenvalue weighted by Gasteiger charge is -2.06. The van der Waals surface area contributed by atoms with Crippen LogP contribution in [0.4, 0.5) is 5.69 Å². The Kier molecular flexibility index (Phi) is 6.14. The van der Waals surface area contributed by atoms with E-state index in [1.54, 1.807) is 18.2 Å². The van der Waals surface area contributed by atoms with Gasteiger partial charge in [0.2, 0.25) is 5.91 Å². The highest BCUT2D eigenvalue weighted by atomic mass is 79.9. The van der Waals surface area contributed by atoms with Gasteiger partial charge in [0.05, 0.1) is 22.2 Å². The molecule has 2 aromatic rings. The summed E-state index contributed by atoms with van der Waals surface area (Å²) in [5.74, 6) is -1.16. The SMILES string of the molecule is COC(=O)c1ccc(NC(=O)CCS(=O)(=O)c2ccc(Br)s2)cc1. The summed E-state index contributed by atoms with van der Waals surface area (Å²) in [4.78, 5) is 23.2. The van der Waals surface area contributed by atoms with Crippen molar-refractivity contribution in [3.05, 3.63) is 45.7 Å². The van der Waals surface area contributed by atoms with E-state index in [0.29, 0.717) is 11.3 Å². The number of ether oxygens (including phenoxy) is 1. The predicted octanol–water partition coefficient (Wildman–Crippen LogP) is 3.10. The largest absolute Gasteiger partial charge is 0.465 e. The van der Waals surface area contributed by atoms with Gasteiger partial charge in [-0.1, -0.05) is 0 Å². The van der Waals surface area contributed by atoms with E-state index in [2.05, 4.69) is 26.0 Å². The lowest BCUT2D eigenvalue weighted by atomic mass is 10.2. The molecular formula is C15H14BrNO5S2. The number of carbonyl (C=O) groups excluding carboxylic acids is 2. The maximum absolute atomic E-state index is 12.1. The molecule has 0 aliphatic heterocycles. The van der Waals surface area contributed by atoms with Gasteiger partial charge in [-0.25, -0.2) is 13.2 Å². The molecule has 0 saturated heterocycles. The van der Waals surface area contributed by atoms with Gasteiger partial charge in [-0.05, 0) is 52.3 Å². The molecule has 0 aliphatic rings. The van der Waals surface area contributed by atoms with E-state index >= 15 is 0 Å². The second kappa shape index (κ2) is 7.91. The standard InChI is InChI=1S/C15H14BrNO5S2/c1-22-15(19)10-2-4-11(5-3-10)17-13(18)8-9-24(20,21)14-7-6-12(16)23-14/h2-7H,8-9H2,1H3,(H,17,18). The summed E-state index contributed by atoms with van der Waals surface area (Å²) in [5, 5.41) is 2.59. The molecule has 0 radical (unpaired) electrons. The summed E-state index contributed by atoms with van der Waals surface area (Å²) >= 11 is 4.32. The average molecular weight is 432 g/mol. The minimum Gasteiger partial charge on any atom is -0.465 e. The van der Waals surface area contributed by atoms with Gasteiger partial charge in [0.15, 0.2) is 9.84 Å². The highest BCUT2D eigenvalue weighted by Gasteiger charge is 2.18. The second-order valence-electron chi connectivity index (χ2n) is 4.74. The van der Waals surface area contributed by atoms with Crippen molar-refractivity contribution in [2.45, 2.75) is 10.6 Å². The van der Waals surface area contributed by atoms with Crippen LogP contribution in [0.3, 0.4) is 0 Å². The summed E-state index contributed by atoms with van der Waals surface area (Å²) < 4.78 is 29.8. The van der Waals surface area contributed by atoms with Gasteiger partial charge in [-0.15, -0.1) is 11.3 Å². The first-order valence-electron chi connectivity index (χ1n) is 6.78. The molecule has 0 atom stereocenters. The lowest BCUT2D eigenvalue weighted by molar-refractivity contribution is -0.115. The zero-order valence-electron chi connectivity index (χ0n) is 12.6. The first-order chi connectivity index (χ1) is 11.3. The molecule has 0 unspecified atom stereocenters. The Labute approximate surface area is 151 Å². The number of hydrogen-bond acceptors (Lipinski definition) is 6. The van der Waals surface area contributed by atoms with Gasteiger partial charge < -0.3 is 10.1 Å². The van der Waals surface area contributed by atoms with Crippen molar-refractivity contribution in [2.24, 2.45) is 0 Å². The summed E-state index contributed by atoms with van der Waals surface area (Å²) in [7, 11) is -2.20. The van der Waals surface area contributed by atoms with E-state index < -0.39 is 21.7 Å². The molecule has 1 aromatic carbocycles. The molecule has 0 aliphatic carbocycles. The fourth-order valence-corrected chi connectivity index (χ4v) is 5.22. The van der Waals surface area contributed by atoms with Crippen LogP contribution in [0.1, 0.15) is 16.8 Å². The topological polar surface area (TPSA) is 89.5 Å². The Bertz CT molecular complexity index is 843. The van der Waals surface area contributed by atoms with Crippen LogP contribution in [-0.4, -0.2) is 33.2 Å². The molecule has 0 spiro atoms. The zero-order valence-corrected chi connectivity index (χ0v) is 15.8. The smallest absolute Gasteiger partial charge is 0.337 e. The summed E-state index contributed by atoms with van der Waals surface area (Å²) in [6, 6.07) is 9.29. The van der Waals surface area contributed by atoms with Gasteiger partial charge >= 0.3 is 5.97 Å². The van der Waals surface area contributed by atoms with E-state index in [0.717, 1.165) is 15.1 Å². The van der Waals surface area contributed by atoms with Crippen LogP contribution in [0.5, 0.6) is 0 Å². The van der Waals surface area contributed by atoms with E-state index in [1.807, 2.05) is 0 Å². The molecular weight excluding hydrogens is 418 g/mol. The molecule has 1 aromatic heterocycles. The molecule has 2 rings (SSSR count). The molecule has 1 N–H and O–H groups in total. The number of sulfone groups is 1. The van der Waals surface area contributed by atoms with Crippen molar-refractivity contribution in [3.63, 3.8) is 0 Å². The number of carbonyl (C=O) groups is 2. The van der Waals surface area contributed by atoms with Crippen molar-refractivity contribution < 1.29 is 22.7 Å². The molecule has 6 nitrogen and oxygen atoms in total. The third-order valence-electron chi connectivity index (χ3n) is 3.04. The minimum absolute atomic E-state index is 0.156. The summed E-state index contributed by atoms with van der Waals surface area (Å²) in [5.41, 5.74) is 0.838. The molecule has 24 heavy (non-hydrogen) atoms. The van der Waals surface area contributed by atoms with Crippen molar-refractivity contribution in [3.8, 4) is 0 Å². The number of amides is 1. The fourth-order valence-electron chi connectivity index (χ4n) is 1.82. The zero-order chi connectivity index (χ0) is 17.7. The van der Waals surface area contributed by atoms with Gasteiger partial charge in [-0.2, -0.15) is 0 Å². The number of rotatable bonds is 6. The lowest BCUT2D eigenvalue weighted by Crippen LogP contribution is -2.17. The number of esters is 1. The van der Waals surface area contributed by atoms with Crippen molar-refractivity contribution in [2.75, 3.05) is 18.2 Å². The highest BCUT2D eigenvalue weighted by molar-refractivity contribution is 9.11. The second-order valence-corrected chi connectivity index (χ2v) is 9.54. The first-order valence-corrected chi connectivity index (χ1v) is 10.0. The van der Waals surface area contributed by atoms with Crippen LogP contribution in [0.25, 0.3) is 0 Å². The normalized spacial score (nSPS) is 11.1. The van der Waals surface area contributed by atoms with E-state index in [9.17, 15) is 18.0 Å². The van der Waals surface area contributed by atoms with Gasteiger partial charge in [0.1, 0.15) is 4.21 Å².